The minimum atomic E-state index is -1.13. The molecule has 0 saturated heterocycles. The van der Waals surface area contributed by atoms with Crippen molar-refractivity contribution in [3.05, 3.63) is 29.6 Å². The highest BCUT2D eigenvalue weighted by atomic mass is 16.6. The molecule has 88 valence electrons. The Hall–Kier alpha value is -2.04. The van der Waals surface area contributed by atoms with Crippen molar-refractivity contribution in [2.24, 2.45) is 9.98 Å². The fraction of sp³-hybridized carbons (Fsp3) is 0.333. The van der Waals surface area contributed by atoms with E-state index in [2.05, 4.69) is 15.0 Å². The van der Waals surface area contributed by atoms with Crippen LogP contribution in [0, 0.1) is 0 Å². The molecule has 0 N–H and O–H groups in total. The number of hydrogen-bond acceptors (Lipinski definition) is 5. The Morgan fingerprint density at radius 3 is 2.76 bits per heavy atom. The van der Waals surface area contributed by atoms with Crippen LogP contribution in [0.25, 0.3) is 0 Å². The van der Waals surface area contributed by atoms with Crippen molar-refractivity contribution in [3.8, 4) is 0 Å². The van der Waals surface area contributed by atoms with Gasteiger partial charge in [0.1, 0.15) is 0 Å². The molecule has 0 fully saturated rings. The number of nitrogens with zero attached hydrogens (tertiary/aromatic N) is 3. The Kier molecular flexibility index (Phi) is 2.99. The van der Waals surface area contributed by atoms with Crippen LogP contribution in [0.2, 0.25) is 0 Å². The Morgan fingerprint density at radius 2 is 2.12 bits per heavy atom. The zero-order valence-corrected chi connectivity index (χ0v) is 9.75. The van der Waals surface area contributed by atoms with Gasteiger partial charge in [-0.25, -0.2) is 14.8 Å². The van der Waals surface area contributed by atoms with Gasteiger partial charge in [0.2, 0.25) is 0 Å². The van der Waals surface area contributed by atoms with Crippen LogP contribution in [0.4, 0.5) is 0 Å². The first-order valence-electron chi connectivity index (χ1n) is 5.41. The topological polar surface area (TPSA) is 63.9 Å². The lowest BCUT2D eigenvalue weighted by Crippen LogP contribution is -2.26. The van der Waals surface area contributed by atoms with E-state index < -0.39 is 11.8 Å². The van der Waals surface area contributed by atoms with Crippen LogP contribution in [0.3, 0.4) is 0 Å². The Morgan fingerprint density at radius 1 is 1.41 bits per heavy atom. The molecule has 1 aromatic heterocycles. The maximum Gasteiger partial charge on any atom is 0.343 e. The van der Waals surface area contributed by atoms with Crippen LogP contribution >= 0.6 is 0 Å². The van der Waals surface area contributed by atoms with E-state index in [-0.39, 0.29) is 0 Å². The second-order valence-corrected chi connectivity index (χ2v) is 3.73. The lowest BCUT2D eigenvalue weighted by Gasteiger charge is -2.18. The number of aliphatic imine (C=N–C) groups is 2. The summed E-state index contributed by atoms with van der Waals surface area (Å²) in [5.41, 5.74) is 1.18. The van der Waals surface area contributed by atoms with E-state index >= 15 is 0 Å². The van der Waals surface area contributed by atoms with Gasteiger partial charge < -0.3 is 4.74 Å². The molecule has 0 aromatic carbocycles. The molecule has 1 aromatic rings. The van der Waals surface area contributed by atoms with Crippen LogP contribution < -0.4 is 0 Å². The third kappa shape index (κ3) is 2.38. The van der Waals surface area contributed by atoms with Gasteiger partial charge in [-0.1, -0.05) is 6.92 Å². The molecule has 0 atom stereocenters. The SMILES string of the molecule is CCc1ncccc1C(=O)OC1(C)N=CC=N1. The summed E-state index contributed by atoms with van der Waals surface area (Å²) >= 11 is 0. The van der Waals surface area contributed by atoms with E-state index in [0.29, 0.717) is 17.7 Å². The number of rotatable bonds is 3. The molecule has 2 rings (SSSR count). The van der Waals surface area contributed by atoms with Crippen LogP contribution in [-0.4, -0.2) is 29.2 Å². The molecule has 1 aliphatic heterocycles. The van der Waals surface area contributed by atoms with Gasteiger partial charge >= 0.3 is 5.97 Å². The summed E-state index contributed by atoms with van der Waals surface area (Å²) in [7, 11) is 0. The summed E-state index contributed by atoms with van der Waals surface area (Å²) in [4.78, 5) is 24.1. The monoisotopic (exact) mass is 231 g/mol. The van der Waals surface area contributed by atoms with Crippen LogP contribution in [-0.2, 0) is 11.2 Å². The Bertz CT molecular complexity index is 482. The number of esters is 1. The largest absolute Gasteiger partial charge is 0.413 e. The zero-order valence-electron chi connectivity index (χ0n) is 9.75. The van der Waals surface area contributed by atoms with E-state index in [1.165, 1.54) is 12.4 Å². The van der Waals surface area contributed by atoms with Crippen molar-refractivity contribution in [2.75, 3.05) is 0 Å². The molecule has 0 bridgehead atoms. The van der Waals surface area contributed by atoms with Gasteiger partial charge in [-0.2, -0.15) is 0 Å². The molecule has 0 saturated carbocycles. The average Bonchev–Trinajstić information content (AvgIpc) is 2.75. The molecule has 0 radical (unpaired) electrons. The molecule has 1 aliphatic rings. The maximum atomic E-state index is 12.0. The number of ether oxygens (including phenoxy) is 1. The normalized spacial score (nSPS) is 16.1. The molecule has 0 amide bonds. The number of aromatic nitrogens is 1. The fourth-order valence-electron chi connectivity index (χ4n) is 1.57. The maximum absolute atomic E-state index is 12.0. The van der Waals surface area contributed by atoms with E-state index in [4.69, 9.17) is 4.74 Å². The highest BCUT2D eigenvalue weighted by Gasteiger charge is 2.29. The van der Waals surface area contributed by atoms with Gasteiger partial charge in [-0.05, 0) is 18.6 Å². The molecule has 0 unspecified atom stereocenters. The standard InChI is InChI=1S/C12H13N3O2/c1-3-10-9(5-4-6-13-10)11(16)17-12(2)14-7-8-15-12/h4-8H,3H2,1-2H3. The summed E-state index contributed by atoms with van der Waals surface area (Å²) in [5.74, 6) is -1.58. The second-order valence-electron chi connectivity index (χ2n) is 3.73. The summed E-state index contributed by atoms with van der Waals surface area (Å²) in [6, 6.07) is 3.40. The van der Waals surface area contributed by atoms with E-state index in [1.807, 2.05) is 6.92 Å². The fourth-order valence-corrected chi connectivity index (χ4v) is 1.57. The molecular formula is C12H13N3O2. The molecule has 0 spiro atoms. The van der Waals surface area contributed by atoms with Crippen molar-refractivity contribution in [3.63, 3.8) is 0 Å². The van der Waals surface area contributed by atoms with Gasteiger partial charge in [-0.3, -0.25) is 4.98 Å². The van der Waals surface area contributed by atoms with E-state index in [9.17, 15) is 4.79 Å². The van der Waals surface area contributed by atoms with Crippen LogP contribution in [0.15, 0.2) is 28.3 Å². The Balaban J connectivity index is 2.20. The number of aryl methyl sites for hydroxylation is 1. The minimum Gasteiger partial charge on any atom is -0.413 e. The van der Waals surface area contributed by atoms with E-state index in [1.54, 1.807) is 25.3 Å². The van der Waals surface area contributed by atoms with Gasteiger partial charge in [0.05, 0.1) is 11.3 Å². The number of pyridine rings is 1. The first-order chi connectivity index (χ1) is 8.14. The molecule has 2 heterocycles. The number of carbonyl (C=O) groups is 1. The molecule has 17 heavy (non-hydrogen) atoms. The summed E-state index contributed by atoms with van der Waals surface area (Å²) < 4.78 is 5.25. The van der Waals surface area contributed by atoms with Gasteiger partial charge in [-0.15, -0.1) is 0 Å². The van der Waals surface area contributed by atoms with Gasteiger partial charge in [0, 0.05) is 25.5 Å². The minimum absolute atomic E-state index is 0.450. The Labute approximate surface area is 99.3 Å². The molecular weight excluding hydrogens is 218 g/mol. The van der Waals surface area contributed by atoms with E-state index in [0.717, 1.165) is 0 Å². The summed E-state index contributed by atoms with van der Waals surface area (Å²) in [6.45, 7) is 3.57. The quantitative estimate of drug-likeness (QED) is 0.743. The predicted octanol–water partition coefficient (Wildman–Crippen LogP) is 1.63. The molecule has 0 aliphatic carbocycles. The van der Waals surface area contributed by atoms with Crippen molar-refractivity contribution in [2.45, 2.75) is 26.1 Å². The molecule has 5 nitrogen and oxygen atoms in total. The lowest BCUT2D eigenvalue weighted by atomic mass is 10.1. The molecule has 5 heteroatoms. The van der Waals surface area contributed by atoms with Gasteiger partial charge in [0.25, 0.3) is 5.85 Å². The van der Waals surface area contributed by atoms with Crippen molar-refractivity contribution in [1.82, 2.24) is 4.98 Å². The number of carbonyl (C=O) groups excluding carboxylic acids is 1. The summed E-state index contributed by atoms with van der Waals surface area (Å²) in [5, 5.41) is 0. The van der Waals surface area contributed by atoms with Crippen LogP contribution in [0.1, 0.15) is 29.9 Å². The van der Waals surface area contributed by atoms with Crippen molar-refractivity contribution < 1.29 is 9.53 Å². The summed E-state index contributed by atoms with van der Waals surface area (Å²) in [6.07, 6.45) is 5.35. The zero-order chi connectivity index (χ0) is 12.3. The predicted molar refractivity (Wildman–Crippen MR) is 64.4 cm³/mol. The smallest absolute Gasteiger partial charge is 0.343 e. The first-order valence-corrected chi connectivity index (χ1v) is 5.41. The lowest BCUT2D eigenvalue weighted by molar-refractivity contribution is 0.000274. The third-order valence-electron chi connectivity index (χ3n) is 2.43. The second kappa shape index (κ2) is 4.45. The highest BCUT2D eigenvalue weighted by Crippen LogP contribution is 2.19. The van der Waals surface area contributed by atoms with Crippen molar-refractivity contribution in [1.29, 1.82) is 0 Å². The third-order valence-corrected chi connectivity index (χ3v) is 2.43. The van der Waals surface area contributed by atoms with Crippen LogP contribution in [0.5, 0.6) is 0 Å². The highest BCUT2D eigenvalue weighted by molar-refractivity contribution is 6.17. The van der Waals surface area contributed by atoms with Gasteiger partial charge in [0.15, 0.2) is 0 Å². The first kappa shape index (κ1) is 11.4. The average molecular weight is 231 g/mol. The number of hydrogen-bond donors (Lipinski definition) is 0. The van der Waals surface area contributed by atoms with Crippen molar-refractivity contribution >= 4 is 18.4 Å².